The number of nitrogens with one attached hydrogen (secondary N) is 2. The summed E-state index contributed by atoms with van der Waals surface area (Å²) in [6.45, 7) is 1.60. The van der Waals surface area contributed by atoms with Gasteiger partial charge in [0.2, 0.25) is 0 Å². The predicted octanol–water partition coefficient (Wildman–Crippen LogP) is 4.21. The summed E-state index contributed by atoms with van der Waals surface area (Å²) >= 11 is 0. The minimum Gasteiger partial charge on any atom is -0.497 e. The van der Waals surface area contributed by atoms with Crippen LogP contribution in [0, 0.1) is 0 Å². The van der Waals surface area contributed by atoms with Gasteiger partial charge < -0.3 is 24.8 Å². The van der Waals surface area contributed by atoms with Crippen molar-refractivity contribution < 1.29 is 23.8 Å². The molecular weight excluding hydrogens is 408 g/mol. The van der Waals surface area contributed by atoms with E-state index in [1.807, 2.05) is 31.2 Å². The molecule has 7 nitrogen and oxygen atoms in total. The van der Waals surface area contributed by atoms with E-state index in [1.165, 1.54) is 0 Å². The molecule has 0 aliphatic heterocycles. The SMILES string of the molecule is COc1ccc(OC)c([C@H](C)NC(=O)COc2ccccc2C(=O)Nc2ccccc2)c1. The second-order valence-electron chi connectivity index (χ2n) is 7.00. The maximum atomic E-state index is 12.7. The van der Waals surface area contributed by atoms with Crippen LogP contribution in [0.2, 0.25) is 0 Å². The van der Waals surface area contributed by atoms with Crippen LogP contribution in [-0.4, -0.2) is 32.6 Å². The van der Waals surface area contributed by atoms with Gasteiger partial charge in [-0.2, -0.15) is 0 Å². The van der Waals surface area contributed by atoms with Crippen LogP contribution in [0.5, 0.6) is 17.2 Å². The summed E-state index contributed by atoms with van der Waals surface area (Å²) in [5.41, 5.74) is 1.79. The highest BCUT2D eigenvalue weighted by molar-refractivity contribution is 6.06. The number of benzene rings is 3. The van der Waals surface area contributed by atoms with E-state index in [2.05, 4.69) is 10.6 Å². The Kier molecular flexibility index (Phi) is 7.70. The average molecular weight is 434 g/mol. The van der Waals surface area contributed by atoms with Gasteiger partial charge in [0.1, 0.15) is 17.2 Å². The van der Waals surface area contributed by atoms with Crippen LogP contribution in [0.4, 0.5) is 5.69 Å². The van der Waals surface area contributed by atoms with E-state index in [4.69, 9.17) is 14.2 Å². The molecule has 0 aliphatic rings. The zero-order valence-electron chi connectivity index (χ0n) is 18.3. The van der Waals surface area contributed by atoms with E-state index in [-0.39, 0.29) is 24.5 Å². The third-order valence-corrected chi connectivity index (χ3v) is 4.80. The fourth-order valence-electron chi connectivity index (χ4n) is 3.18. The third-order valence-electron chi connectivity index (χ3n) is 4.80. The Morgan fingerprint density at radius 2 is 1.59 bits per heavy atom. The molecule has 0 spiro atoms. The number of carbonyl (C=O) groups excluding carboxylic acids is 2. The Labute approximate surface area is 187 Å². The highest BCUT2D eigenvalue weighted by atomic mass is 16.5. The summed E-state index contributed by atoms with van der Waals surface area (Å²) in [5, 5.41) is 5.70. The molecule has 7 heteroatoms. The lowest BCUT2D eigenvalue weighted by Gasteiger charge is -2.18. The summed E-state index contributed by atoms with van der Waals surface area (Å²) in [6.07, 6.45) is 0. The highest BCUT2D eigenvalue weighted by Gasteiger charge is 2.17. The molecule has 3 aromatic rings. The van der Waals surface area contributed by atoms with Gasteiger partial charge in [-0.25, -0.2) is 0 Å². The first-order valence-corrected chi connectivity index (χ1v) is 10.1. The molecule has 1 atom stereocenters. The Morgan fingerprint density at radius 1 is 0.875 bits per heavy atom. The monoisotopic (exact) mass is 434 g/mol. The lowest BCUT2D eigenvalue weighted by Crippen LogP contribution is -2.31. The van der Waals surface area contributed by atoms with Crippen LogP contribution >= 0.6 is 0 Å². The lowest BCUT2D eigenvalue weighted by atomic mass is 10.1. The molecule has 0 heterocycles. The van der Waals surface area contributed by atoms with Crippen molar-refractivity contribution in [2.24, 2.45) is 0 Å². The number of methoxy groups -OCH3 is 2. The molecule has 0 saturated heterocycles. The van der Waals surface area contributed by atoms with Crippen LogP contribution in [-0.2, 0) is 4.79 Å². The number of ether oxygens (including phenoxy) is 3. The smallest absolute Gasteiger partial charge is 0.259 e. The zero-order valence-corrected chi connectivity index (χ0v) is 18.3. The van der Waals surface area contributed by atoms with Crippen molar-refractivity contribution in [2.45, 2.75) is 13.0 Å². The van der Waals surface area contributed by atoms with E-state index >= 15 is 0 Å². The molecule has 2 N–H and O–H groups in total. The molecule has 32 heavy (non-hydrogen) atoms. The molecule has 0 aromatic heterocycles. The molecule has 3 aromatic carbocycles. The first kappa shape index (κ1) is 22.7. The van der Waals surface area contributed by atoms with Crippen LogP contribution in [0.15, 0.2) is 72.8 Å². The Morgan fingerprint density at radius 3 is 2.31 bits per heavy atom. The largest absolute Gasteiger partial charge is 0.497 e. The first-order valence-electron chi connectivity index (χ1n) is 10.1. The zero-order chi connectivity index (χ0) is 22.9. The second kappa shape index (κ2) is 10.9. The summed E-state index contributed by atoms with van der Waals surface area (Å²) in [7, 11) is 3.15. The summed E-state index contributed by atoms with van der Waals surface area (Å²) in [6, 6.07) is 21.0. The number of carbonyl (C=O) groups is 2. The molecular formula is C25H26N2O5. The van der Waals surface area contributed by atoms with E-state index in [0.717, 1.165) is 5.56 Å². The van der Waals surface area contributed by atoms with Crippen molar-refractivity contribution in [3.63, 3.8) is 0 Å². The van der Waals surface area contributed by atoms with Crippen molar-refractivity contribution in [2.75, 3.05) is 26.1 Å². The molecule has 3 rings (SSSR count). The number of anilines is 1. The van der Waals surface area contributed by atoms with E-state index in [9.17, 15) is 9.59 Å². The maximum absolute atomic E-state index is 12.7. The van der Waals surface area contributed by atoms with E-state index in [0.29, 0.717) is 28.5 Å². The Bertz CT molecular complexity index is 1070. The maximum Gasteiger partial charge on any atom is 0.259 e. The Hall–Kier alpha value is -4.00. The molecule has 0 bridgehead atoms. The van der Waals surface area contributed by atoms with Gasteiger partial charge >= 0.3 is 0 Å². The fourth-order valence-corrected chi connectivity index (χ4v) is 3.18. The topological polar surface area (TPSA) is 85.9 Å². The van der Waals surface area contributed by atoms with Crippen molar-refractivity contribution in [3.8, 4) is 17.2 Å². The number of hydrogen-bond donors (Lipinski definition) is 2. The van der Waals surface area contributed by atoms with Crippen molar-refractivity contribution >= 4 is 17.5 Å². The Balaban J connectivity index is 1.64. The van der Waals surface area contributed by atoms with Crippen molar-refractivity contribution in [3.05, 3.63) is 83.9 Å². The number of rotatable bonds is 9. The molecule has 0 aliphatic carbocycles. The number of para-hydroxylation sites is 2. The summed E-state index contributed by atoms with van der Waals surface area (Å²) in [5.74, 6) is 0.976. The van der Waals surface area contributed by atoms with Gasteiger partial charge in [-0.1, -0.05) is 30.3 Å². The van der Waals surface area contributed by atoms with Gasteiger partial charge in [-0.3, -0.25) is 9.59 Å². The van der Waals surface area contributed by atoms with Crippen LogP contribution in [0.3, 0.4) is 0 Å². The molecule has 0 saturated carbocycles. The van der Waals surface area contributed by atoms with Gasteiger partial charge in [0.05, 0.1) is 25.8 Å². The second-order valence-corrected chi connectivity index (χ2v) is 7.00. The van der Waals surface area contributed by atoms with Gasteiger partial charge in [0, 0.05) is 11.3 Å². The number of amides is 2. The average Bonchev–Trinajstić information content (AvgIpc) is 2.83. The minimum atomic E-state index is -0.340. The molecule has 2 amide bonds. The van der Waals surface area contributed by atoms with Crippen molar-refractivity contribution in [1.29, 1.82) is 0 Å². The van der Waals surface area contributed by atoms with Gasteiger partial charge in [0.25, 0.3) is 11.8 Å². The van der Waals surface area contributed by atoms with Gasteiger partial charge in [-0.05, 0) is 49.4 Å². The van der Waals surface area contributed by atoms with Crippen LogP contribution in [0.1, 0.15) is 28.9 Å². The van der Waals surface area contributed by atoms with Crippen LogP contribution in [0.25, 0.3) is 0 Å². The van der Waals surface area contributed by atoms with Gasteiger partial charge in [0.15, 0.2) is 6.61 Å². The van der Waals surface area contributed by atoms with Crippen molar-refractivity contribution in [1.82, 2.24) is 5.32 Å². The van der Waals surface area contributed by atoms with E-state index < -0.39 is 0 Å². The number of hydrogen-bond acceptors (Lipinski definition) is 5. The van der Waals surface area contributed by atoms with Gasteiger partial charge in [-0.15, -0.1) is 0 Å². The molecule has 0 unspecified atom stereocenters. The predicted molar refractivity (Wildman–Crippen MR) is 122 cm³/mol. The summed E-state index contributed by atoms with van der Waals surface area (Å²) < 4.78 is 16.3. The third kappa shape index (κ3) is 5.78. The fraction of sp³-hybridized carbons (Fsp3) is 0.200. The lowest BCUT2D eigenvalue weighted by molar-refractivity contribution is -0.123. The molecule has 166 valence electrons. The summed E-state index contributed by atoms with van der Waals surface area (Å²) in [4.78, 5) is 25.2. The van der Waals surface area contributed by atoms with E-state index in [1.54, 1.807) is 62.8 Å². The highest BCUT2D eigenvalue weighted by Crippen LogP contribution is 2.29. The van der Waals surface area contributed by atoms with Crippen LogP contribution < -0.4 is 24.8 Å². The quantitative estimate of drug-likeness (QED) is 0.527. The minimum absolute atomic E-state index is 0.244. The molecule has 0 radical (unpaired) electrons. The standard InChI is InChI=1S/C25H26N2O5/c1-17(21-15-19(30-2)13-14-22(21)31-3)26-24(28)16-32-23-12-8-7-11-20(23)25(29)27-18-9-5-4-6-10-18/h4-15,17H,16H2,1-3H3,(H,26,28)(H,27,29)/t17-/m0/s1. The first-order chi connectivity index (χ1) is 15.5. The molecule has 0 fully saturated rings. The normalized spacial score (nSPS) is 11.2.